The summed E-state index contributed by atoms with van der Waals surface area (Å²) in [5, 5.41) is 8.40. The Morgan fingerprint density at radius 3 is 2.46 bits per heavy atom. The molecule has 198 valence electrons. The molecule has 2 aliphatic rings. The molecule has 2 aromatic heterocycles. The van der Waals surface area contributed by atoms with Crippen molar-refractivity contribution in [1.82, 2.24) is 29.5 Å². The fraction of sp³-hybridized carbons (Fsp3) is 0.520. The first-order valence-corrected chi connectivity index (χ1v) is 13.4. The van der Waals surface area contributed by atoms with Gasteiger partial charge in [-0.2, -0.15) is 0 Å². The van der Waals surface area contributed by atoms with Gasteiger partial charge in [-0.25, -0.2) is 4.98 Å². The van der Waals surface area contributed by atoms with Crippen LogP contribution in [0.1, 0.15) is 31.7 Å². The van der Waals surface area contributed by atoms with Crippen molar-refractivity contribution in [2.45, 2.75) is 44.8 Å². The molecule has 1 aromatic carbocycles. The number of benzene rings is 1. The van der Waals surface area contributed by atoms with Crippen LogP contribution in [0.3, 0.4) is 0 Å². The maximum atomic E-state index is 13.1. The van der Waals surface area contributed by atoms with Gasteiger partial charge in [0, 0.05) is 50.3 Å². The molecule has 0 radical (unpaired) electrons. The third-order valence-electron chi connectivity index (χ3n) is 7.51. The van der Waals surface area contributed by atoms with Crippen LogP contribution in [0.4, 0.5) is 11.8 Å². The summed E-state index contributed by atoms with van der Waals surface area (Å²) in [6.45, 7) is 7.80. The van der Waals surface area contributed by atoms with Crippen molar-refractivity contribution in [3.63, 3.8) is 0 Å². The highest BCUT2D eigenvalue weighted by atomic mass is 35.5. The highest BCUT2D eigenvalue weighted by Crippen LogP contribution is 2.30. The highest BCUT2D eigenvalue weighted by molar-refractivity contribution is 6.32. The molecule has 12 heteroatoms. The predicted molar refractivity (Wildman–Crippen MR) is 145 cm³/mol. The van der Waals surface area contributed by atoms with Crippen molar-refractivity contribution in [3.05, 3.63) is 50.4 Å². The largest absolute Gasteiger partial charge is 0.402 e. The second kappa shape index (κ2) is 11.0. The number of piperidine rings is 1. The molecule has 0 bridgehead atoms. The summed E-state index contributed by atoms with van der Waals surface area (Å²) in [5.41, 5.74) is 6.45. The SMILES string of the molecule is CC[C@H]1CN(c2c(Cl)nc(-c3nnc(N)o3)c(=O)n2C)CCN1C1CCN(Cc2ccc(Cl)cc2)CC1. The Balaban J connectivity index is 1.25. The number of nitrogen functional groups attached to an aromatic ring is 1. The molecular weight excluding hydrogens is 515 g/mol. The van der Waals surface area contributed by atoms with E-state index in [9.17, 15) is 4.79 Å². The normalized spacial score (nSPS) is 20.0. The first-order chi connectivity index (χ1) is 17.8. The number of likely N-dealkylation sites (tertiary alicyclic amines) is 1. The van der Waals surface area contributed by atoms with Crippen molar-refractivity contribution < 1.29 is 4.42 Å². The maximum absolute atomic E-state index is 13.1. The average molecular weight is 547 g/mol. The van der Waals surface area contributed by atoms with Crippen molar-refractivity contribution in [3.8, 4) is 11.6 Å². The zero-order chi connectivity index (χ0) is 26.1. The lowest BCUT2D eigenvalue weighted by Gasteiger charge is -2.48. The number of hydrogen-bond donors (Lipinski definition) is 1. The van der Waals surface area contributed by atoms with E-state index in [4.69, 9.17) is 33.4 Å². The van der Waals surface area contributed by atoms with Crippen LogP contribution in [0.25, 0.3) is 11.6 Å². The summed E-state index contributed by atoms with van der Waals surface area (Å²) in [6, 6.07) is 8.93. The Morgan fingerprint density at radius 1 is 1.08 bits per heavy atom. The molecule has 2 saturated heterocycles. The molecule has 2 fully saturated rings. The molecule has 0 saturated carbocycles. The van der Waals surface area contributed by atoms with Gasteiger partial charge in [-0.3, -0.25) is 19.2 Å². The molecule has 1 atom stereocenters. The summed E-state index contributed by atoms with van der Waals surface area (Å²) < 4.78 is 6.72. The predicted octanol–water partition coefficient (Wildman–Crippen LogP) is 3.28. The zero-order valence-electron chi connectivity index (χ0n) is 21.1. The van der Waals surface area contributed by atoms with Crippen LogP contribution in [0.5, 0.6) is 0 Å². The Morgan fingerprint density at radius 2 is 1.81 bits per heavy atom. The minimum Gasteiger partial charge on any atom is -0.402 e. The molecule has 3 aromatic rings. The number of nitrogens with zero attached hydrogens (tertiary/aromatic N) is 7. The summed E-state index contributed by atoms with van der Waals surface area (Å²) >= 11 is 12.6. The molecule has 2 aliphatic heterocycles. The minimum atomic E-state index is -0.355. The fourth-order valence-corrected chi connectivity index (χ4v) is 6.02. The molecular formula is C25H32Cl2N8O2. The van der Waals surface area contributed by atoms with Crippen molar-refractivity contribution >= 4 is 35.0 Å². The Bertz CT molecular complexity index is 1290. The summed E-state index contributed by atoms with van der Waals surface area (Å²) in [4.78, 5) is 24.7. The third-order valence-corrected chi connectivity index (χ3v) is 8.01. The molecule has 37 heavy (non-hydrogen) atoms. The van der Waals surface area contributed by atoms with Crippen LogP contribution in [0.15, 0.2) is 33.5 Å². The first-order valence-electron chi connectivity index (χ1n) is 12.7. The summed E-state index contributed by atoms with van der Waals surface area (Å²) in [7, 11) is 1.69. The van der Waals surface area contributed by atoms with Gasteiger partial charge in [0.1, 0.15) is 5.82 Å². The first kappa shape index (κ1) is 26.0. The summed E-state index contributed by atoms with van der Waals surface area (Å²) in [6.07, 6.45) is 3.31. The van der Waals surface area contributed by atoms with E-state index in [1.807, 2.05) is 12.1 Å². The van der Waals surface area contributed by atoms with Crippen LogP contribution in [-0.2, 0) is 13.6 Å². The van der Waals surface area contributed by atoms with Gasteiger partial charge in [-0.05, 0) is 50.0 Å². The minimum absolute atomic E-state index is 0.00325. The van der Waals surface area contributed by atoms with Gasteiger partial charge in [-0.1, -0.05) is 47.4 Å². The Labute approximate surface area is 226 Å². The van der Waals surface area contributed by atoms with E-state index in [1.54, 1.807) is 7.05 Å². The second-order valence-corrected chi connectivity index (χ2v) is 10.6. The highest BCUT2D eigenvalue weighted by Gasteiger charge is 2.35. The standard InChI is InChI=1S/C25H32Cl2N8O2/c1-3-18-15-34(23-21(27)29-20(24(36)32(23)2)22-30-31-25(28)37-22)12-13-35(18)19-8-10-33(11-9-19)14-16-4-6-17(26)7-5-16/h4-7,18-19H,3,8-15H2,1-2H3,(H2,28,31)/t18-/m0/s1. The Kier molecular flexibility index (Phi) is 7.71. The van der Waals surface area contributed by atoms with Gasteiger partial charge in [-0.15, -0.1) is 5.10 Å². The van der Waals surface area contributed by atoms with E-state index in [-0.39, 0.29) is 28.3 Å². The van der Waals surface area contributed by atoms with Gasteiger partial charge in [0.05, 0.1) is 0 Å². The zero-order valence-corrected chi connectivity index (χ0v) is 22.6. The lowest BCUT2D eigenvalue weighted by Crippen LogP contribution is -2.59. The molecule has 0 spiro atoms. The second-order valence-electron chi connectivity index (χ2n) is 9.76. The monoisotopic (exact) mass is 546 g/mol. The van der Waals surface area contributed by atoms with Crippen LogP contribution >= 0.6 is 23.2 Å². The van der Waals surface area contributed by atoms with Crippen molar-refractivity contribution in [2.24, 2.45) is 7.05 Å². The fourth-order valence-electron chi connectivity index (χ4n) is 5.56. The molecule has 4 heterocycles. The van der Waals surface area contributed by atoms with E-state index >= 15 is 0 Å². The quantitative estimate of drug-likeness (QED) is 0.497. The van der Waals surface area contributed by atoms with Crippen LogP contribution in [0.2, 0.25) is 10.2 Å². The number of rotatable bonds is 6. The number of nitrogens with two attached hydrogens (primary N) is 1. The number of halogens is 2. The number of piperazine rings is 1. The molecule has 5 rings (SSSR count). The van der Waals surface area contributed by atoms with E-state index < -0.39 is 0 Å². The number of anilines is 2. The average Bonchev–Trinajstić information content (AvgIpc) is 3.34. The van der Waals surface area contributed by atoms with E-state index in [0.717, 1.165) is 63.6 Å². The van der Waals surface area contributed by atoms with Crippen LogP contribution in [0, 0.1) is 0 Å². The molecule has 0 unspecified atom stereocenters. The number of hydrogen-bond acceptors (Lipinski definition) is 9. The topological polar surface area (TPSA) is 110 Å². The van der Waals surface area contributed by atoms with E-state index in [1.165, 1.54) is 10.1 Å². The molecule has 0 aliphatic carbocycles. The maximum Gasteiger partial charge on any atom is 0.313 e. The Hall–Kier alpha value is -2.66. The molecule has 10 nitrogen and oxygen atoms in total. The van der Waals surface area contributed by atoms with Crippen LogP contribution in [-0.4, -0.2) is 74.4 Å². The lowest BCUT2D eigenvalue weighted by molar-refractivity contribution is 0.0609. The van der Waals surface area contributed by atoms with E-state index in [2.05, 4.69) is 48.9 Å². The molecule has 2 N–H and O–H groups in total. The van der Waals surface area contributed by atoms with Gasteiger partial charge >= 0.3 is 6.01 Å². The van der Waals surface area contributed by atoms with Gasteiger partial charge in [0.25, 0.3) is 11.4 Å². The summed E-state index contributed by atoms with van der Waals surface area (Å²) in [5.74, 6) is 0.573. The van der Waals surface area contributed by atoms with Gasteiger partial charge in [0.2, 0.25) is 0 Å². The van der Waals surface area contributed by atoms with Gasteiger partial charge in [0.15, 0.2) is 10.8 Å². The smallest absolute Gasteiger partial charge is 0.313 e. The van der Waals surface area contributed by atoms with E-state index in [0.29, 0.717) is 17.9 Å². The number of aromatic nitrogens is 4. The van der Waals surface area contributed by atoms with Gasteiger partial charge < -0.3 is 15.1 Å². The van der Waals surface area contributed by atoms with Crippen LogP contribution < -0.4 is 16.2 Å². The van der Waals surface area contributed by atoms with Crippen molar-refractivity contribution in [2.75, 3.05) is 43.4 Å². The van der Waals surface area contributed by atoms with Crippen molar-refractivity contribution in [1.29, 1.82) is 0 Å². The molecule has 0 amide bonds. The lowest BCUT2D eigenvalue weighted by atomic mass is 9.98. The third kappa shape index (κ3) is 5.47.